The second kappa shape index (κ2) is 6.67. The van der Waals surface area contributed by atoms with Gasteiger partial charge in [-0.15, -0.1) is 0 Å². The predicted octanol–water partition coefficient (Wildman–Crippen LogP) is 3.05. The molecule has 1 rings (SSSR count). The van der Waals surface area contributed by atoms with Crippen LogP contribution in [0.3, 0.4) is 0 Å². The lowest BCUT2D eigenvalue weighted by molar-refractivity contribution is -0.148. The molecule has 21 heavy (non-hydrogen) atoms. The van der Waals surface area contributed by atoms with E-state index in [4.69, 9.17) is 0 Å². The van der Waals surface area contributed by atoms with Gasteiger partial charge in [-0.25, -0.2) is 9.59 Å². The Balaban J connectivity index is 3.03. The molecule has 0 aromatic carbocycles. The van der Waals surface area contributed by atoms with Gasteiger partial charge in [0.15, 0.2) is 0 Å². The first kappa shape index (κ1) is 17.8. The zero-order valence-electron chi connectivity index (χ0n) is 14.2. The van der Waals surface area contributed by atoms with Gasteiger partial charge >= 0.3 is 12.0 Å². The minimum absolute atomic E-state index is 0.0689. The largest absolute Gasteiger partial charge is 0.480 e. The van der Waals surface area contributed by atoms with Crippen molar-refractivity contribution in [3.05, 3.63) is 0 Å². The van der Waals surface area contributed by atoms with Crippen LogP contribution >= 0.6 is 0 Å². The molecule has 1 fully saturated rings. The van der Waals surface area contributed by atoms with Gasteiger partial charge in [-0.1, -0.05) is 27.7 Å². The van der Waals surface area contributed by atoms with Gasteiger partial charge in [0.1, 0.15) is 6.04 Å². The van der Waals surface area contributed by atoms with E-state index in [0.29, 0.717) is 19.0 Å². The SMILES string of the molecule is CC(C)CN(C(=O)N1CCCC(C)(C)C1C(=O)O)C(C)C. The Hall–Kier alpha value is -1.26. The fourth-order valence-corrected chi connectivity index (χ4v) is 3.13. The third-order valence-electron chi connectivity index (χ3n) is 4.18. The molecule has 5 heteroatoms. The molecule has 2 amide bonds. The predicted molar refractivity (Wildman–Crippen MR) is 83.2 cm³/mol. The first-order valence-corrected chi connectivity index (χ1v) is 7.88. The highest BCUT2D eigenvalue weighted by molar-refractivity contribution is 5.83. The van der Waals surface area contributed by atoms with E-state index in [0.717, 1.165) is 12.8 Å². The summed E-state index contributed by atoms with van der Waals surface area (Å²) in [6.45, 7) is 13.1. The van der Waals surface area contributed by atoms with Crippen molar-refractivity contribution in [2.45, 2.75) is 66.5 Å². The summed E-state index contributed by atoms with van der Waals surface area (Å²) in [7, 11) is 0. The fourth-order valence-electron chi connectivity index (χ4n) is 3.13. The molecule has 0 aromatic heterocycles. The highest BCUT2D eigenvalue weighted by atomic mass is 16.4. The van der Waals surface area contributed by atoms with Gasteiger partial charge in [0, 0.05) is 19.1 Å². The Morgan fingerprint density at radius 1 is 1.29 bits per heavy atom. The van der Waals surface area contributed by atoms with Crippen molar-refractivity contribution in [1.29, 1.82) is 0 Å². The zero-order valence-corrected chi connectivity index (χ0v) is 14.2. The van der Waals surface area contributed by atoms with Crippen molar-refractivity contribution in [3.8, 4) is 0 Å². The van der Waals surface area contributed by atoms with Crippen molar-refractivity contribution in [2.24, 2.45) is 11.3 Å². The number of carbonyl (C=O) groups excluding carboxylic acids is 1. The molecule has 0 aromatic rings. The Morgan fingerprint density at radius 2 is 1.86 bits per heavy atom. The van der Waals surface area contributed by atoms with Crippen LogP contribution in [0.5, 0.6) is 0 Å². The van der Waals surface area contributed by atoms with Crippen molar-refractivity contribution in [3.63, 3.8) is 0 Å². The molecule has 0 aliphatic carbocycles. The molecule has 1 saturated heterocycles. The number of carboxylic acid groups (broad SMARTS) is 1. The maximum Gasteiger partial charge on any atom is 0.327 e. The van der Waals surface area contributed by atoms with Crippen LogP contribution in [0, 0.1) is 11.3 Å². The molecule has 0 radical (unpaired) electrons. The van der Waals surface area contributed by atoms with E-state index in [1.165, 1.54) is 0 Å². The molecule has 1 aliphatic heterocycles. The first-order valence-electron chi connectivity index (χ1n) is 7.88. The lowest BCUT2D eigenvalue weighted by Gasteiger charge is -2.46. The van der Waals surface area contributed by atoms with E-state index in [2.05, 4.69) is 13.8 Å². The van der Waals surface area contributed by atoms with E-state index in [1.54, 1.807) is 9.80 Å². The van der Waals surface area contributed by atoms with Gasteiger partial charge in [-0.2, -0.15) is 0 Å². The molecular formula is C16H30N2O3. The molecule has 5 nitrogen and oxygen atoms in total. The molecule has 0 spiro atoms. The fraction of sp³-hybridized carbons (Fsp3) is 0.875. The maximum absolute atomic E-state index is 12.9. The number of rotatable bonds is 4. The number of aliphatic carboxylic acids is 1. The molecule has 0 bridgehead atoms. The number of amides is 2. The van der Waals surface area contributed by atoms with E-state index in [-0.39, 0.29) is 17.5 Å². The van der Waals surface area contributed by atoms with Gasteiger partial charge in [0.25, 0.3) is 0 Å². The van der Waals surface area contributed by atoms with Crippen molar-refractivity contribution in [2.75, 3.05) is 13.1 Å². The molecule has 1 unspecified atom stereocenters. The number of hydrogen-bond donors (Lipinski definition) is 1. The van der Waals surface area contributed by atoms with E-state index in [1.807, 2.05) is 27.7 Å². The van der Waals surface area contributed by atoms with Gasteiger partial charge < -0.3 is 14.9 Å². The number of piperidine rings is 1. The summed E-state index contributed by atoms with van der Waals surface area (Å²) in [5.41, 5.74) is -0.389. The van der Waals surface area contributed by atoms with E-state index >= 15 is 0 Å². The number of nitrogens with zero attached hydrogens (tertiary/aromatic N) is 2. The number of likely N-dealkylation sites (tertiary alicyclic amines) is 1. The van der Waals surface area contributed by atoms with Crippen LogP contribution in [0.2, 0.25) is 0 Å². The van der Waals surface area contributed by atoms with Crippen molar-refractivity contribution in [1.82, 2.24) is 9.80 Å². The van der Waals surface area contributed by atoms with Gasteiger partial charge in [0.2, 0.25) is 0 Å². The minimum Gasteiger partial charge on any atom is -0.480 e. The van der Waals surface area contributed by atoms with Crippen LogP contribution in [0.15, 0.2) is 0 Å². The van der Waals surface area contributed by atoms with E-state index < -0.39 is 12.0 Å². The number of carboxylic acids is 1. The second-order valence-corrected chi connectivity index (χ2v) is 7.45. The Kier molecular flexibility index (Phi) is 5.65. The van der Waals surface area contributed by atoms with Crippen LogP contribution in [0.4, 0.5) is 4.79 Å². The van der Waals surface area contributed by atoms with Crippen LogP contribution in [-0.4, -0.2) is 52.1 Å². The van der Waals surface area contributed by atoms with Crippen molar-refractivity contribution < 1.29 is 14.7 Å². The van der Waals surface area contributed by atoms with E-state index in [9.17, 15) is 14.7 Å². The minimum atomic E-state index is -0.902. The number of carbonyl (C=O) groups is 2. The molecular weight excluding hydrogens is 268 g/mol. The molecule has 0 saturated carbocycles. The first-order chi connectivity index (χ1) is 9.58. The van der Waals surface area contributed by atoms with Crippen LogP contribution in [0.1, 0.15) is 54.4 Å². The quantitative estimate of drug-likeness (QED) is 0.867. The molecule has 1 N–H and O–H groups in total. The lowest BCUT2D eigenvalue weighted by Crippen LogP contribution is -2.60. The highest BCUT2D eigenvalue weighted by Gasteiger charge is 2.45. The Labute approximate surface area is 128 Å². The van der Waals surface area contributed by atoms with Crippen LogP contribution in [-0.2, 0) is 4.79 Å². The summed E-state index contributed by atoms with van der Waals surface area (Å²) in [6.07, 6.45) is 1.69. The standard InChI is InChI=1S/C16H30N2O3/c1-11(2)10-18(12(3)4)15(21)17-9-7-8-16(5,6)13(17)14(19)20/h11-13H,7-10H2,1-6H3,(H,19,20). The van der Waals surface area contributed by atoms with Crippen LogP contribution < -0.4 is 0 Å². The Bertz CT molecular complexity index is 391. The zero-order chi connectivity index (χ0) is 16.4. The van der Waals surface area contributed by atoms with Crippen LogP contribution in [0.25, 0.3) is 0 Å². The summed E-state index contributed by atoms with van der Waals surface area (Å²) in [4.78, 5) is 27.9. The summed E-state index contributed by atoms with van der Waals surface area (Å²) in [5, 5.41) is 9.58. The third-order valence-corrected chi connectivity index (χ3v) is 4.18. The maximum atomic E-state index is 12.9. The average Bonchev–Trinajstić information content (AvgIpc) is 2.32. The Morgan fingerprint density at radius 3 is 2.29 bits per heavy atom. The number of hydrogen-bond acceptors (Lipinski definition) is 2. The van der Waals surface area contributed by atoms with Gasteiger partial charge in [-0.3, -0.25) is 0 Å². The van der Waals surface area contributed by atoms with Crippen molar-refractivity contribution >= 4 is 12.0 Å². The highest BCUT2D eigenvalue weighted by Crippen LogP contribution is 2.36. The second-order valence-electron chi connectivity index (χ2n) is 7.45. The summed E-state index contributed by atoms with van der Waals surface area (Å²) in [6, 6.07) is -0.814. The summed E-state index contributed by atoms with van der Waals surface area (Å²) < 4.78 is 0. The molecule has 1 aliphatic rings. The molecule has 122 valence electrons. The monoisotopic (exact) mass is 298 g/mol. The normalized spacial score (nSPS) is 21.7. The summed E-state index contributed by atoms with van der Waals surface area (Å²) >= 11 is 0. The third kappa shape index (κ3) is 4.11. The topological polar surface area (TPSA) is 60.9 Å². The van der Waals surface area contributed by atoms with Gasteiger partial charge in [0.05, 0.1) is 0 Å². The smallest absolute Gasteiger partial charge is 0.327 e. The van der Waals surface area contributed by atoms with Gasteiger partial charge in [-0.05, 0) is 38.0 Å². The molecule has 1 heterocycles. The number of urea groups is 1. The summed E-state index contributed by atoms with van der Waals surface area (Å²) in [5.74, 6) is -0.543. The average molecular weight is 298 g/mol. The molecule has 1 atom stereocenters. The lowest BCUT2D eigenvalue weighted by atomic mass is 9.76.